The summed E-state index contributed by atoms with van der Waals surface area (Å²) in [6.45, 7) is 1.90. The first-order valence-corrected chi connectivity index (χ1v) is 20.3. The van der Waals surface area contributed by atoms with E-state index in [1.807, 2.05) is 55.5 Å². The Balaban J connectivity index is 0.968. The zero-order valence-electron chi connectivity index (χ0n) is 30.6. The number of ether oxygens (including phenoxy) is 5. The molecule has 0 saturated carbocycles. The minimum absolute atomic E-state index is 0.103. The molecule has 7 aromatic carbocycles. The van der Waals surface area contributed by atoms with Crippen molar-refractivity contribution in [2.45, 2.75) is 26.5 Å². The second kappa shape index (κ2) is 16.0. The predicted octanol–water partition coefficient (Wildman–Crippen LogP) is 10.7. The summed E-state index contributed by atoms with van der Waals surface area (Å²) in [5, 5.41) is 0. The van der Waals surface area contributed by atoms with E-state index in [1.54, 1.807) is 86.0 Å². The molecule has 0 bridgehead atoms. The maximum atomic E-state index is 13.5. The normalized spacial score (nSPS) is 11.4. The summed E-state index contributed by atoms with van der Waals surface area (Å²) < 4.78 is 81.7. The molecule has 56 heavy (non-hydrogen) atoms. The number of methoxy groups -OCH3 is 2. The van der Waals surface area contributed by atoms with Crippen molar-refractivity contribution in [1.29, 1.82) is 0 Å². The van der Waals surface area contributed by atoms with Crippen LogP contribution in [0.5, 0.6) is 46.0 Å². The molecule has 7 rings (SSSR count). The quantitative estimate of drug-likeness (QED) is 0.113. The fourth-order valence-corrected chi connectivity index (χ4v) is 8.27. The Labute approximate surface area is 326 Å². The van der Waals surface area contributed by atoms with Crippen molar-refractivity contribution in [2.75, 3.05) is 14.2 Å². The van der Waals surface area contributed by atoms with E-state index < -0.39 is 19.7 Å². The van der Waals surface area contributed by atoms with Gasteiger partial charge in [0.25, 0.3) is 0 Å². The molecule has 0 N–H and O–H groups in total. The summed E-state index contributed by atoms with van der Waals surface area (Å²) in [5.74, 6) is 3.91. The van der Waals surface area contributed by atoms with Gasteiger partial charge in [-0.05, 0) is 139 Å². The van der Waals surface area contributed by atoms with Crippen molar-refractivity contribution in [2.24, 2.45) is 0 Å². The predicted molar refractivity (Wildman–Crippen MR) is 213 cm³/mol. The minimum atomic E-state index is -3.82. The van der Waals surface area contributed by atoms with Gasteiger partial charge in [0.1, 0.15) is 34.5 Å². The fourth-order valence-electron chi connectivity index (χ4n) is 5.74. The van der Waals surface area contributed by atoms with Crippen molar-refractivity contribution in [1.82, 2.24) is 0 Å². The maximum Gasteiger partial charge on any atom is 0.206 e. The second-order valence-electron chi connectivity index (χ2n) is 12.6. The molecule has 0 atom stereocenters. The van der Waals surface area contributed by atoms with E-state index in [9.17, 15) is 16.8 Å². The van der Waals surface area contributed by atoms with Crippen molar-refractivity contribution in [3.05, 3.63) is 169 Å². The molecular formula is C45H36O9S2. The van der Waals surface area contributed by atoms with Crippen LogP contribution in [0.15, 0.2) is 183 Å². The van der Waals surface area contributed by atoms with Gasteiger partial charge < -0.3 is 23.7 Å². The van der Waals surface area contributed by atoms with Gasteiger partial charge >= 0.3 is 0 Å². The van der Waals surface area contributed by atoms with E-state index in [0.29, 0.717) is 40.2 Å². The van der Waals surface area contributed by atoms with Gasteiger partial charge in [0.15, 0.2) is 11.5 Å². The third-order valence-electron chi connectivity index (χ3n) is 8.85. The van der Waals surface area contributed by atoms with Gasteiger partial charge in [-0.3, -0.25) is 0 Å². The van der Waals surface area contributed by atoms with Crippen LogP contribution in [0, 0.1) is 6.92 Å². The Morgan fingerprint density at radius 3 is 1.09 bits per heavy atom. The standard InChI is InChI=1S/C45H36O9S2/c1-31-4-21-40(22-5-31)55(46,47)43-27-18-38(19-28-43)54-44-29-20-39(30-45(44)51-3)53-37-16-25-42(26-17-37)56(48,49)41-23-14-36(15-24-41)52-35-12-8-33(9-13-35)32-6-10-34(50-2)11-7-32/h4-30H,1-3H3. The number of rotatable bonds is 13. The van der Waals surface area contributed by atoms with Crippen LogP contribution >= 0.6 is 0 Å². The number of sulfone groups is 2. The van der Waals surface area contributed by atoms with E-state index in [1.165, 1.54) is 43.5 Å². The molecule has 0 heterocycles. The topological polar surface area (TPSA) is 114 Å². The lowest BCUT2D eigenvalue weighted by molar-refractivity contribution is 0.374. The Hall–Kier alpha value is -6.56. The first-order chi connectivity index (χ1) is 27.0. The lowest BCUT2D eigenvalue weighted by Gasteiger charge is -2.13. The maximum absolute atomic E-state index is 13.5. The Kier molecular flexibility index (Phi) is 10.8. The highest BCUT2D eigenvalue weighted by molar-refractivity contribution is 7.91. The van der Waals surface area contributed by atoms with Crippen LogP contribution in [0.3, 0.4) is 0 Å². The second-order valence-corrected chi connectivity index (χ2v) is 16.5. The fraction of sp³-hybridized carbons (Fsp3) is 0.0667. The molecule has 0 radical (unpaired) electrons. The largest absolute Gasteiger partial charge is 0.497 e. The molecule has 0 aliphatic heterocycles. The van der Waals surface area contributed by atoms with Crippen LogP contribution in [0.1, 0.15) is 5.56 Å². The summed E-state index contributed by atoms with van der Waals surface area (Å²) in [6, 6.07) is 45.6. The van der Waals surface area contributed by atoms with Gasteiger partial charge in [-0.1, -0.05) is 42.0 Å². The van der Waals surface area contributed by atoms with Gasteiger partial charge in [0, 0.05) is 6.07 Å². The number of benzene rings is 7. The summed E-state index contributed by atoms with van der Waals surface area (Å²) in [6.07, 6.45) is 0. The summed E-state index contributed by atoms with van der Waals surface area (Å²) in [7, 11) is -4.38. The third-order valence-corrected chi connectivity index (χ3v) is 12.4. The van der Waals surface area contributed by atoms with Gasteiger partial charge in [0.05, 0.1) is 33.8 Å². The molecule has 0 aliphatic rings. The molecule has 9 nitrogen and oxygen atoms in total. The molecule has 7 aromatic rings. The first kappa shape index (κ1) is 37.7. The van der Waals surface area contributed by atoms with E-state index in [0.717, 1.165) is 22.4 Å². The van der Waals surface area contributed by atoms with Crippen LogP contribution in [0.25, 0.3) is 11.1 Å². The average molecular weight is 785 g/mol. The Morgan fingerprint density at radius 1 is 0.339 bits per heavy atom. The molecule has 0 aliphatic carbocycles. The molecular weight excluding hydrogens is 749 g/mol. The van der Waals surface area contributed by atoms with E-state index in [2.05, 4.69) is 0 Å². The monoisotopic (exact) mass is 784 g/mol. The lowest BCUT2D eigenvalue weighted by atomic mass is 10.1. The van der Waals surface area contributed by atoms with Crippen LogP contribution in [-0.2, 0) is 19.7 Å². The summed E-state index contributed by atoms with van der Waals surface area (Å²) >= 11 is 0. The molecule has 0 saturated heterocycles. The third kappa shape index (κ3) is 8.39. The van der Waals surface area contributed by atoms with Gasteiger partial charge in [-0.25, -0.2) is 16.8 Å². The van der Waals surface area contributed by atoms with Crippen molar-refractivity contribution in [3.8, 4) is 57.1 Å². The summed E-state index contributed by atoms with van der Waals surface area (Å²) in [5.41, 5.74) is 3.04. The van der Waals surface area contributed by atoms with E-state index >= 15 is 0 Å². The molecule has 0 fully saturated rings. The van der Waals surface area contributed by atoms with Crippen LogP contribution in [0.4, 0.5) is 0 Å². The van der Waals surface area contributed by atoms with E-state index in [-0.39, 0.29) is 19.6 Å². The Morgan fingerprint density at radius 2 is 0.679 bits per heavy atom. The number of hydrogen-bond donors (Lipinski definition) is 0. The lowest BCUT2D eigenvalue weighted by Crippen LogP contribution is -2.02. The van der Waals surface area contributed by atoms with Crippen molar-refractivity contribution < 1.29 is 40.5 Å². The van der Waals surface area contributed by atoms with Crippen LogP contribution in [0.2, 0.25) is 0 Å². The highest BCUT2D eigenvalue weighted by Crippen LogP contribution is 2.37. The van der Waals surface area contributed by atoms with Gasteiger partial charge in [-0.15, -0.1) is 0 Å². The zero-order valence-corrected chi connectivity index (χ0v) is 32.2. The molecule has 0 amide bonds. The van der Waals surface area contributed by atoms with Gasteiger partial charge in [0.2, 0.25) is 19.7 Å². The molecule has 0 spiro atoms. The molecule has 11 heteroatoms. The van der Waals surface area contributed by atoms with Crippen molar-refractivity contribution >= 4 is 19.7 Å². The van der Waals surface area contributed by atoms with E-state index in [4.69, 9.17) is 23.7 Å². The summed E-state index contributed by atoms with van der Waals surface area (Å²) in [4.78, 5) is 0.588. The minimum Gasteiger partial charge on any atom is -0.497 e. The Bertz CT molecular complexity index is 2660. The molecule has 0 unspecified atom stereocenters. The molecule has 0 aromatic heterocycles. The average Bonchev–Trinajstić information content (AvgIpc) is 3.22. The number of hydrogen-bond acceptors (Lipinski definition) is 9. The van der Waals surface area contributed by atoms with Crippen LogP contribution in [-0.4, -0.2) is 31.1 Å². The highest BCUT2D eigenvalue weighted by Gasteiger charge is 2.20. The van der Waals surface area contributed by atoms with Crippen molar-refractivity contribution in [3.63, 3.8) is 0 Å². The highest BCUT2D eigenvalue weighted by atomic mass is 32.2. The number of aryl methyl sites for hydroxylation is 1. The van der Waals surface area contributed by atoms with Crippen LogP contribution < -0.4 is 23.7 Å². The molecule has 282 valence electrons. The first-order valence-electron chi connectivity index (χ1n) is 17.3. The zero-order chi connectivity index (χ0) is 39.3. The van der Waals surface area contributed by atoms with Gasteiger partial charge in [-0.2, -0.15) is 0 Å². The SMILES string of the molecule is COc1ccc(-c2ccc(Oc3ccc(S(=O)(=O)c4ccc(Oc5ccc(Oc6ccc(S(=O)(=O)c7ccc(C)cc7)cc6)c(OC)c5)cc4)cc3)cc2)cc1. The smallest absolute Gasteiger partial charge is 0.206 e.